The fourth-order valence-electron chi connectivity index (χ4n) is 3.31. The molecule has 2 rings (SSSR count). The molecule has 9 nitrogen and oxygen atoms in total. The van der Waals surface area contributed by atoms with Crippen LogP contribution in [0, 0.1) is 0 Å². The Morgan fingerprint density at radius 3 is 2.42 bits per heavy atom. The standard InChI is InChI=1S/C15H27N3O6/c1-14(2)5-7(6-15(3,4)18-14)16-17-12(22)10(21)11-8(19)9(20)13(23)24-11/h5,8-11,13,16,18-21,23H,6H2,1-4H3,(H,17,22). The molecule has 0 saturated carbocycles. The van der Waals surface area contributed by atoms with Crippen LogP contribution in [0.1, 0.15) is 34.1 Å². The summed E-state index contributed by atoms with van der Waals surface area (Å²) in [7, 11) is 0. The number of carbonyl (C=O) groups is 1. The van der Waals surface area contributed by atoms with E-state index in [1.54, 1.807) is 0 Å². The number of nitrogens with one attached hydrogen (secondary N) is 3. The predicted octanol–water partition coefficient (Wildman–Crippen LogP) is -2.16. The first-order valence-electron chi connectivity index (χ1n) is 7.86. The maximum Gasteiger partial charge on any atom is 0.269 e. The number of rotatable bonds is 4. The smallest absolute Gasteiger partial charge is 0.269 e. The highest BCUT2D eigenvalue weighted by atomic mass is 16.6. The second-order valence-electron chi connectivity index (χ2n) is 7.61. The predicted molar refractivity (Wildman–Crippen MR) is 84.2 cm³/mol. The Hall–Kier alpha value is -1.23. The van der Waals surface area contributed by atoms with E-state index in [0.717, 1.165) is 5.70 Å². The van der Waals surface area contributed by atoms with E-state index < -0.39 is 36.6 Å². The van der Waals surface area contributed by atoms with Crippen LogP contribution in [-0.4, -0.2) is 68.1 Å². The van der Waals surface area contributed by atoms with Crippen molar-refractivity contribution in [3.63, 3.8) is 0 Å². The van der Waals surface area contributed by atoms with Crippen LogP contribution in [0.2, 0.25) is 0 Å². The topological polar surface area (TPSA) is 143 Å². The molecule has 1 saturated heterocycles. The Morgan fingerprint density at radius 1 is 1.29 bits per heavy atom. The van der Waals surface area contributed by atoms with Gasteiger partial charge in [-0.2, -0.15) is 0 Å². The Bertz CT molecular complexity index is 521. The van der Waals surface area contributed by atoms with E-state index in [0.29, 0.717) is 6.42 Å². The van der Waals surface area contributed by atoms with Gasteiger partial charge in [-0.25, -0.2) is 0 Å². The molecule has 0 aliphatic carbocycles. The summed E-state index contributed by atoms with van der Waals surface area (Å²) < 4.78 is 4.82. The van der Waals surface area contributed by atoms with Crippen molar-refractivity contribution < 1.29 is 30.0 Å². The summed E-state index contributed by atoms with van der Waals surface area (Å²) >= 11 is 0. The molecule has 0 radical (unpaired) electrons. The molecule has 1 fully saturated rings. The highest BCUT2D eigenvalue weighted by Gasteiger charge is 2.47. The molecular formula is C15H27N3O6. The number of carbonyl (C=O) groups excluding carboxylic acids is 1. The molecular weight excluding hydrogens is 318 g/mol. The molecule has 0 aromatic carbocycles. The van der Waals surface area contributed by atoms with Crippen LogP contribution in [0.25, 0.3) is 0 Å². The molecule has 0 aromatic heterocycles. The summed E-state index contributed by atoms with van der Waals surface area (Å²) in [6, 6.07) is 0. The molecule has 0 aromatic rings. The van der Waals surface area contributed by atoms with Gasteiger partial charge in [0.2, 0.25) is 0 Å². The Labute approximate surface area is 140 Å². The van der Waals surface area contributed by atoms with Crippen molar-refractivity contribution in [1.29, 1.82) is 0 Å². The van der Waals surface area contributed by atoms with Crippen molar-refractivity contribution in [3.05, 3.63) is 11.8 Å². The van der Waals surface area contributed by atoms with Crippen molar-refractivity contribution in [1.82, 2.24) is 16.2 Å². The number of hydrogen-bond acceptors (Lipinski definition) is 8. The Balaban J connectivity index is 1.95. The molecule has 9 heteroatoms. The third-order valence-electron chi connectivity index (χ3n) is 4.03. The van der Waals surface area contributed by atoms with E-state index in [4.69, 9.17) is 4.74 Å². The first kappa shape index (κ1) is 19.1. The zero-order chi connectivity index (χ0) is 18.3. The number of aliphatic hydroxyl groups excluding tert-OH is 4. The van der Waals surface area contributed by atoms with Gasteiger partial charge in [0.1, 0.15) is 18.3 Å². The summed E-state index contributed by atoms with van der Waals surface area (Å²) in [5.74, 6) is -0.838. The fourth-order valence-corrected chi connectivity index (χ4v) is 3.31. The van der Waals surface area contributed by atoms with Gasteiger partial charge >= 0.3 is 0 Å². The summed E-state index contributed by atoms with van der Waals surface area (Å²) in [4.78, 5) is 12.0. The van der Waals surface area contributed by atoms with Gasteiger partial charge in [0.05, 0.1) is 0 Å². The summed E-state index contributed by atoms with van der Waals surface area (Å²) in [5.41, 5.74) is 5.47. The zero-order valence-electron chi connectivity index (χ0n) is 14.3. The lowest BCUT2D eigenvalue weighted by atomic mass is 9.86. The SMILES string of the molecule is CC1(C)C=C(NNC(=O)C(O)C2OC(O)C(O)C2O)CC(C)(C)N1. The van der Waals surface area contributed by atoms with Crippen molar-refractivity contribution in [3.8, 4) is 0 Å². The molecule has 2 heterocycles. The Kier molecular flexibility index (Phi) is 5.24. The lowest BCUT2D eigenvalue weighted by Crippen LogP contribution is -2.57. The van der Waals surface area contributed by atoms with E-state index in [-0.39, 0.29) is 11.1 Å². The lowest BCUT2D eigenvalue weighted by molar-refractivity contribution is -0.159. The van der Waals surface area contributed by atoms with Gasteiger partial charge in [-0.3, -0.25) is 10.2 Å². The highest BCUT2D eigenvalue weighted by Crippen LogP contribution is 2.26. The molecule has 5 unspecified atom stereocenters. The van der Waals surface area contributed by atoms with Crippen LogP contribution < -0.4 is 16.2 Å². The average molecular weight is 345 g/mol. The van der Waals surface area contributed by atoms with Crippen molar-refractivity contribution in [2.45, 2.75) is 75.9 Å². The van der Waals surface area contributed by atoms with Crippen LogP contribution in [-0.2, 0) is 9.53 Å². The lowest BCUT2D eigenvalue weighted by Gasteiger charge is -2.41. The number of ether oxygens (including phenoxy) is 1. The molecule has 2 aliphatic heterocycles. The van der Waals surface area contributed by atoms with Gasteiger partial charge in [-0.1, -0.05) is 0 Å². The summed E-state index contributed by atoms with van der Waals surface area (Å²) in [6.45, 7) is 8.06. The molecule has 1 amide bonds. The molecule has 24 heavy (non-hydrogen) atoms. The monoisotopic (exact) mass is 345 g/mol. The first-order valence-corrected chi connectivity index (χ1v) is 7.86. The van der Waals surface area contributed by atoms with Gasteiger partial charge in [0, 0.05) is 23.2 Å². The van der Waals surface area contributed by atoms with Crippen molar-refractivity contribution in [2.75, 3.05) is 0 Å². The van der Waals surface area contributed by atoms with E-state index in [2.05, 4.69) is 16.2 Å². The third-order valence-corrected chi connectivity index (χ3v) is 4.03. The maximum atomic E-state index is 12.0. The number of aliphatic hydroxyl groups is 4. The second-order valence-corrected chi connectivity index (χ2v) is 7.61. The molecule has 0 spiro atoms. The van der Waals surface area contributed by atoms with Crippen molar-refractivity contribution in [2.24, 2.45) is 0 Å². The quantitative estimate of drug-likeness (QED) is 0.286. The van der Waals surface area contributed by atoms with Crippen LogP contribution >= 0.6 is 0 Å². The minimum Gasteiger partial charge on any atom is -0.387 e. The zero-order valence-corrected chi connectivity index (χ0v) is 14.3. The second kappa shape index (κ2) is 6.58. The highest BCUT2D eigenvalue weighted by molar-refractivity contribution is 5.81. The van der Waals surface area contributed by atoms with E-state index in [1.165, 1.54) is 0 Å². The summed E-state index contributed by atoms with van der Waals surface area (Å²) in [6.07, 6.45) is -5.37. The van der Waals surface area contributed by atoms with E-state index >= 15 is 0 Å². The van der Waals surface area contributed by atoms with Gasteiger partial charge in [-0.15, -0.1) is 0 Å². The minimum atomic E-state index is -1.75. The van der Waals surface area contributed by atoms with E-state index in [9.17, 15) is 25.2 Å². The number of hydrazine groups is 1. The molecule has 2 aliphatic rings. The first-order chi connectivity index (χ1) is 10.9. The Morgan fingerprint density at radius 2 is 1.92 bits per heavy atom. The minimum absolute atomic E-state index is 0.178. The molecule has 5 atom stereocenters. The van der Waals surface area contributed by atoms with Gasteiger partial charge in [-0.05, 0) is 33.8 Å². The maximum absolute atomic E-state index is 12.0. The molecule has 7 N–H and O–H groups in total. The van der Waals surface area contributed by atoms with Crippen LogP contribution in [0.15, 0.2) is 11.8 Å². The van der Waals surface area contributed by atoms with Crippen LogP contribution in [0.4, 0.5) is 0 Å². The van der Waals surface area contributed by atoms with Crippen molar-refractivity contribution >= 4 is 5.91 Å². The normalized spacial score (nSPS) is 35.9. The van der Waals surface area contributed by atoms with Gasteiger partial charge in [0.25, 0.3) is 5.91 Å². The molecule has 138 valence electrons. The van der Waals surface area contributed by atoms with Crippen LogP contribution in [0.3, 0.4) is 0 Å². The third kappa shape index (κ3) is 4.24. The van der Waals surface area contributed by atoms with E-state index in [1.807, 2.05) is 33.8 Å². The van der Waals surface area contributed by atoms with Gasteiger partial charge < -0.3 is 35.9 Å². The number of hydrogen-bond donors (Lipinski definition) is 7. The van der Waals surface area contributed by atoms with Crippen LogP contribution in [0.5, 0.6) is 0 Å². The number of amides is 1. The van der Waals surface area contributed by atoms with Gasteiger partial charge in [0.15, 0.2) is 12.4 Å². The molecule has 0 bridgehead atoms. The average Bonchev–Trinajstić information content (AvgIpc) is 2.68. The fraction of sp³-hybridized carbons (Fsp3) is 0.800. The largest absolute Gasteiger partial charge is 0.387 e. The summed E-state index contributed by atoms with van der Waals surface area (Å²) in [5, 5.41) is 41.8.